The maximum atomic E-state index is 11.6. The van der Waals surface area contributed by atoms with Crippen LogP contribution in [0.5, 0.6) is 0 Å². The normalized spacial score (nSPS) is 12.8. The van der Waals surface area contributed by atoms with Crippen LogP contribution >= 0.6 is 0 Å². The number of hydrogen-bond donors (Lipinski definition) is 4. The predicted molar refractivity (Wildman–Crippen MR) is 69.5 cm³/mol. The highest BCUT2D eigenvalue weighted by molar-refractivity contribution is 5.97. The van der Waals surface area contributed by atoms with Crippen molar-refractivity contribution < 1.29 is 14.8 Å². The number of primary amides is 1. The number of nitrogens with one attached hydrogen (secondary N) is 1. The first-order valence-corrected chi connectivity index (χ1v) is 5.59. The average molecular weight is 264 g/mol. The molecule has 0 aliphatic heterocycles. The van der Waals surface area contributed by atoms with E-state index in [2.05, 4.69) is 10.5 Å². The summed E-state index contributed by atoms with van der Waals surface area (Å²) in [6.07, 6.45) is 0.119. The third-order valence-electron chi connectivity index (χ3n) is 2.53. The molecule has 0 saturated carbocycles. The first-order chi connectivity index (χ1) is 8.93. The van der Waals surface area contributed by atoms with Gasteiger partial charge in [0.1, 0.15) is 6.04 Å². The molecule has 0 spiro atoms. The summed E-state index contributed by atoms with van der Waals surface area (Å²) in [6.45, 7) is 1.52. The number of benzene rings is 1. The minimum absolute atomic E-state index is 0.00153. The maximum Gasteiger partial charge on any atom is 0.239 e. The second-order valence-corrected chi connectivity index (χ2v) is 4.05. The molecule has 6 N–H and O–H groups in total. The van der Waals surface area contributed by atoms with Crippen LogP contribution in [0.15, 0.2) is 29.4 Å². The van der Waals surface area contributed by atoms with Crippen LogP contribution in [0.25, 0.3) is 0 Å². The van der Waals surface area contributed by atoms with E-state index in [1.807, 2.05) is 0 Å². The van der Waals surface area contributed by atoms with Crippen LogP contribution in [0.4, 0.5) is 0 Å². The van der Waals surface area contributed by atoms with Crippen LogP contribution in [-0.2, 0) is 16.0 Å². The monoisotopic (exact) mass is 264 g/mol. The second kappa shape index (κ2) is 6.39. The summed E-state index contributed by atoms with van der Waals surface area (Å²) >= 11 is 0. The van der Waals surface area contributed by atoms with Gasteiger partial charge in [-0.1, -0.05) is 29.4 Å². The molecular weight excluding hydrogens is 248 g/mol. The number of rotatable bonds is 5. The van der Waals surface area contributed by atoms with Crippen LogP contribution in [-0.4, -0.2) is 28.9 Å². The lowest BCUT2D eigenvalue weighted by Gasteiger charge is -2.10. The zero-order valence-corrected chi connectivity index (χ0v) is 10.5. The van der Waals surface area contributed by atoms with Crippen molar-refractivity contribution in [2.24, 2.45) is 16.6 Å². The molecule has 0 radical (unpaired) electrons. The first kappa shape index (κ1) is 14.5. The molecule has 1 rings (SSSR count). The van der Waals surface area contributed by atoms with Crippen LogP contribution < -0.4 is 16.8 Å². The minimum atomic E-state index is -0.705. The van der Waals surface area contributed by atoms with Crippen LogP contribution in [0, 0.1) is 0 Å². The van der Waals surface area contributed by atoms with Crippen molar-refractivity contribution in [3.63, 3.8) is 0 Å². The summed E-state index contributed by atoms with van der Waals surface area (Å²) in [7, 11) is 0. The van der Waals surface area contributed by atoms with E-state index in [9.17, 15) is 9.59 Å². The Morgan fingerprint density at radius 3 is 2.37 bits per heavy atom. The van der Waals surface area contributed by atoms with E-state index in [1.165, 1.54) is 6.92 Å². The Balaban J connectivity index is 2.63. The van der Waals surface area contributed by atoms with Gasteiger partial charge in [0.05, 0.1) is 6.42 Å². The Morgan fingerprint density at radius 2 is 1.89 bits per heavy atom. The Bertz CT molecular complexity index is 496. The number of carbonyl (C=O) groups excluding carboxylic acids is 2. The van der Waals surface area contributed by atoms with E-state index in [4.69, 9.17) is 16.7 Å². The molecular formula is C12H16N4O3. The van der Waals surface area contributed by atoms with Gasteiger partial charge in [-0.3, -0.25) is 9.59 Å². The fraction of sp³-hybridized carbons (Fsp3) is 0.250. The van der Waals surface area contributed by atoms with E-state index in [-0.39, 0.29) is 18.2 Å². The van der Waals surface area contributed by atoms with Crippen LogP contribution in [0.1, 0.15) is 18.1 Å². The van der Waals surface area contributed by atoms with Crippen molar-refractivity contribution in [2.75, 3.05) is 0 Å². The van der Waals surface area contributed by atoms with Gasteiger partial charge in [-0.15, -0.1) is 0 Å². The van der Waals surface area contributed by atoms with Crippen LogP contribution in [0.2, 0.25) is 0 Å². The highest BCUT2D eigenvalue weighted by Gasteiger charge is 2.12. The maximum absolute atomic E-state index is 11.6. The number of nitrogens with zero attached hydrogens (tertiary/aromatic N) is 1. The molecule has 1 aromatic rings. The smallest absolute Gasteiger partial charge is 0.239 e. The lowest BCUT2D eigenvalue weighted by atomic mass is 10.1. The number of amidine groups is 1. The molecule has 0 aromatic heterocycles. The zero-order chi connectivity index (χ0) is 14.4. The first-order valence-electron chi connectivity index (χ1n) is 5.59. The van der Waals surface area contributed by atoms with Crippen molar-refractivity contribution in [2.45, 2.75) is 19.4 Å². The molecule has 102 valence electrons. The minimum Gasteiger partial charge on any atom is -0.409 e. The Labute approximate surface area is 110 Å². The van der Waals surface area contributed by atoms with Crippen molar-refractivity contribution in [1.29, 1.82) is 0 Å². The standard InChI is InChI=1S/C12H16N4O3/c1-7(12(14)18)15-10(17)6-8-2-4-9(5-3-8)11(13)16-19/h2-5,7,19H,6H2,1H3,(H2,13,16)(H2,14,18)(H,15,17). The van der Waals surface area contributed by atoms with Crippen LogP contribution in [0.3, 0.4) is 0 Å². The topological polar surface area (TPSA) is 131 Å². The third kappa shape index (κ3) is 4.30. The molecule has 7 heteroatoms. The summed E-state index contributed by atoms with van der Waals surface area (Å²) in [5.41, 5.74) is 11.7. The molecule has 1 atom stereocenters. The summed E-state index contributed by atoms with van der Waals surface area (Å²) in [5.74, 6) is -0.892. The molecule has 0 aliphatic rings. The lowest BCUT2D eigenvalue weighted by molar-refractivity contribution is -0.126. The van der Waals surface area contributed by atoms with Gasteiger partial charge >= 0.3 is 0 Å². The highest BCUT2D eigenvalue weighted by Crippen LogP contribution is 2.05. The molecule has 19 heavy (non-hydrogen) atoms. The number of amides is 2. The Morgan fingerprint density at radius 1 is 1.32 bits per heavy atom. The number of oxime groups is 1. The Kier molecular flexibility index (Phi) is 4.87. The number of hydrogen-bond acceptors (Lipinski definition) is 4. The molecule has 0 fully saturated rings. The van der Waals surface area contributed by atoms with Crippen molar-refractivity contribution in [3.8, 4) is 0 Å². The van der Waals surface area contributed by atoms with E-state index in [1.54, 1.807) is 24.3 Å². The summed E-state index contributed by atoms with van der Waals surface area (Å²) in [6, 6.07) is 5.93. The molecule has 1 aromatic carbocycles. The molecule has 0 bridgehead atoms. The van der Waals surface area contributed by atoms with Gasteiger partial charge in [-0.2, -0.15) is 0 Å². The number of carbonyl (C=O) groups is 2. The van der Waals surface area contributed by atoms with E-state index < -0.39 is 11.9 Å². The molecule has 1 unspecified atom stereocenters. The van der Waals surface area contributed by atoms with E-state index in [0.717, 1.165) is 5.56 Å². The predicted octanol–water partition coefficient (Wildman–Crippen LogP) is -0.686. The average Bonchev–Trinajstić information content (AvgIpc) is 2.38. The van der Waals surface area contributed by atoms with E-state index in [0.29, 0.717) is 5.56 Å². The third-order valence-corrected chi connectivity index (χ3v) is 2.53. The molecule has 0 aliphatic carbocycles. The number of nitrogens with two attached hydrogens (primary N) is 2. The van der Waals surface area contributed by atoms with Gasteiger partial charge in [-0.25, -0.2) is 0 Å². The summed E-state index contributed by atoms with van der Waals surface area (Å²) in [4.78, 5) is 22.4. The quantitative estimate of drug-likeness (QED) is 0.243. The summed E-state index contributed by atoms with van der Waals surface area (Å²) in [5, 5.41) is 13.9. The van der Waals surface area contributed by atoms with Gasteiger partial charge in [0.2, 0.25) is 11.8 Å². The Hall–Kier alpha value is -2.57. The van der Waals surface area contributed by atoms with Gasteiger partial charge in [0.25, 0.3) is 0 Å². The zero-order valence-electron chi connectivity index (χ0n) is 10.5. The van der Waals surface area contributed by atoms with Crippen molar-refractivity contribution in [3.05, 3.63) is 35.4 Å². The summed E-state index contributed by atoms with van der Waals surface area (Å²) < 4.78 is 0. The molecule has 0 heterocycles. The van der Waals surface area contributed by atoms with Gasteiger partial charge < -0.3 is 22.0 Å². The SMILES string of the molecule is CC(NC(=O)Cc1ccc(C(N)=NO)cc1)C(N)=O. The van der Waals surface area contributed by atoms with Gasteiger partial charge in [0, 0.05) is 5.56 Å². The fourth-order valence-corrected chi connectivity index (χ4v) is 1.40. The van der Waals surface area contributed by atoms with Gasteiger partial charge in [-0.05, 0) is 12.5 Å². The molecule has 2 amide bonds. The second-order valence-electron chi connectivity index (χ2n) is 4.05. The van der Waals surface area contributed by atoms with E-state index >= 15 is 0 Å². The van der Waals surface area contributed by atoms with Gasteiger partial charge in [0.15, 0.2) is 5.84 Å². The highest BCUT2D eigenvalue weighted by atomic mass is 16.4. The molecule has 7 nitrogen and oxygen atoms in total. The lowest BCUT2D eigenvalue weighted by Crippen LogP contribution is -2.42. The van der Waals surface area contributed by atoms with Crippen molar-refractivity contribution in [1.82, 2.24) is 5.32 Å². The molecule has 0 saturated heterocycles. The fourth-order valence-electron chi connectivity index (χ4n) is 1.40. The largest absolute Gasteiger partial charge is 0.409 e. The van der Waals surface area contributed by atoms with Crippen molar-refractivity contribution >= 4 is 17.6 Å².